The zero-order valence-electron chi connectivity index (χ0n) is 18.1. The summed E-state index contributed by atoms with van der Waals surface area (Å²) in [6.07, 6.45) is 1.91. The highest BCUT2D eigenvalue weighted by atomic mass is 32.2. The monoisotopic (exact) mass is 459 g/mol. The molecule has 3 aromatic rings. The van der Waals surface area contributed by atoms with E-state index in [0.29, 0.717) is 31.8 Å². The lowest BCUT2D eigenvalue weighted by atomic mass is 10.0. The standard InChI is InChI=1S/C21H25N5O5S/c1-13-6-7-26-17(11-15-12-25(8-9-31-15)21(27)30-3)20(23-19(26)10-13)16-4-5-18(22-14(16)2)24-32(28)29/h4-7,10,15,32H,8-9,11-12H2,1-3H3,(H,22,24,28,29). The van der Waals surface area contributed by atoms with E-state index in [1.54, 1.807) is 11.0 Å². The fourth-order valence-electron chi connectivity index (χ4n) is 3.93. The highest BCUT2D eigenvalue weighted by Gasteiger charge is 2.27. The van der Waals surface area contributed by atoms with Gasteiger partial charge in [-0.15, -0.1) is 0 Å². The van der Waals surface area contributed by atoms with Crippen molar-refractivity contribution in [1.82, 2.24) is 19.3 Å². The van der Waals surface area contributed by atoms with E-state index in [9.17, 15) is 13.2 Å². The lowest BCUT2D eigenvalue weighted by Gasteiger charge is -2.32. The number of pyridine rings is 2. The van der Waals surface area contributed by atoms with E-state index < -0.39 is 10.9 Å². The molecule has 1 unspecified atom stereocenters. The number of morpholine rings is 1. The molecule has 1 aliphatic heterocycles. The number of hydrogen-bond donors (Lipinski definition) is 2. The highest BCUT2D eigenvalue weighted by molar-refractivity contribution is 7.73. The Morgan fingerprint density at radius 1 is 1.28 bits per heavy atom. The number of anilines is 1. The van der Waals surface area contributed by atoms with Crippen molar-refractivity contribution in [3.8, 4) is 11.3 Å². The summed E-state index contributed by atoms with van der Waals surface area (Å²) in [5.74, 6) is 0.257. The Balaban J connectivity index is 1.74. The van der Waals surface area contributed by atoms with Gasteiger partial charge in [-0.3, -0.25) is 4.72 Å². The van der Waals surface area contributed by atoms with Gasteiger partial charge in [-0.25, -0.2) is 23.2 Å². The zero-order chi connectivity index (χ0) is 22.8. The Morgan fingerprint density at radius 3 is 2.81 bits per heavy atom. The summed E-state index contributed by atoms with van der Waals surface area (Å²) in [6.45, 7) is 5.15. The average molecular weight is 460 g/mol. The smallest absolute Gasteiger partial charge is 0.409 e. The number of imidazole rings is 1. The molecule has 1 atom stereocenters. The molecule has 1 N–H and O–H groups in total. The number of hydrogen-bond acceptors (Lipinski definition) is 7. The number of aromatic nitrogens is 3. The van der Waals surface area contributed by atoms with Gasteiger partial charge in [0.25, 0.3) is 0 Å². The first-order valence-corrected chi connectivity index (χ1v) is 11.3. The van der Waals surface area contributed by atoms with Crippen LogP contribution in [0.5, 0.6) is 0 Å². The molecule has 0 spiro atoms. The lowest BCUT2D eigenvalue weighted by Crippen LogP contribution is -2.46. The van der Waals surface area contributed by atoms with Gasteiger partial charge in [0.05, 0.1) is 37.8 Å². The Kier molecular flexibility index (Phi) is 6.28. The van der Waals surface area contributed by atoms with E-state index in [0.717, 1.165) is 28.2 Å². The quantitative estimate of drug-likeness (QED) is 0.561. The number of amides is 1. The average Bonchev–Trinajstić information content (AvgIpc) is 3.10. The first-order chi connectivity index (χ1) is 15.4. The van der Waals surface area contributed by atoms with Gasteiger partial charge in [0.2, 0.25) is 10.9 Å². The van der Waals surface area contributed by atoms with Crippen molar-refractivity contribution >= 4 is 28.4 Å². The maximum absolute atomic E-state index is 12.0. The third kappa shape index (κ3) is 4.53. The highest BCUT2D eigenvalue weighted by Crippen LogP contribution is 2.29. The fourth-order valence-corrected chi connectivity index (χ4v) is 4.24. The van der Waals surface area contributed by atoms with Crippen molar-refractivity contribution < 1.29 is 22.7 Å². The molecule has 3 aromatic heterocycles. The molecule has 0 aliphatic carbocycles. The molecule has 32 heavy (non-hydrogen) atoms. The zero-order valence-corrected chi connectivity index (χ0v) is 19.0. The Bertz CT molecular complexity index is 1230. The van der Waals surface area contributed by atoms with E-state index in [1.165, 1.54) is 7.11 Å². The Hall–Kier alpha value is -3.18. The molecule has 1 saturated heterocycles. The van der Waals surface area contributed by atoms with Gasteiger partial charge in [-0.05, 0) is 43.7 Å². The SMILES string of the molecule is COC(=O)N1CCOC(Cc2c(-c3ccc(N[SH](=O)=O)nc3C)nc3cc(C)ccn23)C1. The molecular weight excluding hydrogens is 434 g/mol. The van der Waals surface area contributed by atoms with E-state index in [-0.39, 0.29) is 18.0 Å². The number of carbonyl (C=O) groups is 1. The Morgan fingerprint density at radius 2 is 2.09 bits per heavy atom. The minimum Gasteiger partial charge on any atom is -0.453 e. The van der Waals surface area contributed by atoms with Crippen LogP contribution in [0.1, 0.15) is 17.0 Å². The predicted octanol–water partition coefficient (Wildman–Crippen LogP) is 1.96. The number of rotatable bonds is 5. The molecular formula is C21H25N5O5S. The second kappa shape index (κ2) is 9.13. The maximum atomic E-state index is 12.0. The first kappa shape index (κ1) is 22.0. The van der Waals surface area contributed by atoms with Crippen LogP contribution < -0.4 is 4.72 Å². The third-order valence-electron chi connectivity index (χ3n) is 5.42. The second-order valence-corrected chi connectivity index (χ2v) is 8.39. The molecule has 1 fully saturated rings. The minimum atomic E-state index is -2.79. The molecule has 0 aromatic carbocycles. The minimum absolute atomic E-state index is 0.221. The normalized spacial score (nSPS) is 16.5. The van der Waals surface area contributed by atoms with Crippen molar-refractivity contribution in [2.24, 2.45) is 0 Å². The number of aryl methyl sites for hydroxylation is 2. The number of carbonyl (C=O) groups excluding carboxylic acids is 1. The lowest BCUT2D eigenvalue weighted by molar-refractivity contribution is -0.0241. The molecule has 11 heteroatoms. The molecule has 0 radical (unpaired) electrons. The van der Waals surface area contributed by atoms with Gasteiger partial charge >= 0.3 is 6.09 Å². The summed E-state index contributed by atoms with van der Waals surface area (Å²) in [4.78, 5) is 22.8. The van der Waals surface area contributed by atoms with Gasteiger partial charge in [0, 0.05) is 30.4 Å². The van der Waals surface area contributed by atoms with E-state index in [1.807, 2.05) is 42.6 Å². The molecule has 1 amide bonds. The van der Waals surface area contributed by atoms with Crippen LogP contribution in [0.4, 0.5) is 10.6 Å². The van der Waals surface area contributed by atoms with Crippen molar-refractivity contribution in [3.63, 3.8) is 0 Å². The predicted molar refractivity (Wildman–Crippen MR) is 119 cm³/mol. The van der Waals surface area contributed by atoms with Crippen LogP contribution in [0.25, 0.3) is 16.9 Å². The number of ether oxygens (including phenoxy) is 2. The van der Waals surface area contributed by atoms with Crippen LogP contribution in [0.2, 0.25) is 0 Å². The van der Waals surface area contributed by atoms with Crippen LogP contribution >= 0.6 is 0 Å². The van der Waals surface area contributed by atoms with Crippen LogP contribution in [-0.4, -0.2) is 66.7 Å². The largest absolute Gasteiger partial charge is 0.453 e. The summed E-state index contributed by atoms with van der Waals surface area (Å²) < 4.78 is 37.1. The van der Waals surface area contributed by atoms with Crippen LogP contribution in [0.3, 0.4) is 0 Å². The van der Waals surface area contributed by atoms with Crippen LogP contribution in [0, 0.1) is 13.8 Å². The summed E-state index contributed by atoms with van der Waals surface area (Å²) in [5, 5.41) is 0. The fraction of sp³-hybridized carbons (Fsp3) is 0.381. The van der Waals surface area contributed by atoms with Gasteiger partial charge < -0.3 is 18.8 Å². The van der Waals surface area contributed by atoms with Gasteiger partial charge in [-0.1, -0.05) is 0 Å². The summed E-state index contributed by atoms with van der Waals surface area (Å²) in [7, 11) is -1.42. The Labute approximate surface area is 187 Å². The molecule has 10 nitrogen and oxygen atoms in total. The van der Waals surface area contributed by atoms with Crippen molar-refractivity contribution in [3.05, 3.63) is 47.4 Å². The van der Waals surface area contributed by atoms with E-state index in [2.05, 4.69) is 9.71 Å². The van der Waals surface area contributed by atoms with Gasteiger partial charge in [0.15, 0.2) is 0 Å². The van der Waals surface area contributed by atoms with Crippen LogP contribution in [0.15, 0.2) is 30.5 Å². The van der Waals surface area contributed by atoms with Crippen molar-refractivity contribution in [2.45, 2.75) is 26.4 Å². The molecule has 0 saturated carbocycles. The van der Waals surface area contributed by atoms with E-state index >= 15 is 0 Å². The molecule has 4 rings (SSSR count). The number of methoxy groups -OCH3 is 1. The van der Waals surface area contributed by atoms with Gasteiger partial charge in [-0.2, -0.15) is 0 Å². The second-order valence-electron chi connectivity index (χ2n) is 7.65. The number of nitrogens with zero attached hydrogens (tertiary/aromatic N) is 4. The topological polar surface area (TPSA) is 115 Å². The van der Waals surface area contributed by atoms with Gasteiger partial charge in [0.1, 0.15) is 11.5 Å². The number of nitrogens with one attached hydrogen (secondary N) is 1. The first-order valence-electron chi connectivity index (χ1n) is 10.2. The number of fused-ring (bicyclic) bond motifs is 1. The molecule has 170 valence electrons. The molecule has 1 aliphatic rings. The van der Waals surface area contributed by atoms with E-state index in [4.69, 9.17) is 14.5 Å². The van der Waals surface area contributed by atoms with Crippen molar-refractivity contribution in [1.29, 1.82) is 0 Å². The number of thiol groups is 1. The summed E-state index contributed by atoms with van der Waals surface area (Å²) >= 11 is 0. The van der Waals surface area contributed by atoms with Crippen molar-refractivity contribution in [2.75, 3.05) is 31.5 Å². The molecule has 4 heterocycles. The molecule has 0 bridgehead atoms. The van der Waals surface area contributed by atoms with Crippen LogP contribution in [-0.2, 0) is 26.8 Å². The summed E-state index contributed by atoms with van der Waals surface area (Å²) in [6, 6.07) is 7.43. The summed E-state index contributed by atoms with van der Waals surface area (Å²) in [5.41, 5.74) is 5.00. The maximum Gasteiger partial charge on any atom is 0.409 e. The third-order valence-corrected chi connectivity index (χ3v) is 5.83.